The lowest BCUT2D eigenvalue weighted by atomic mass is 10.0. The number of rotatable bonds is 12. The van der Waals surface area contributed by atoms with Gasteiger partial charge >= 0.3 is 5.97 Å². The minimum atomic E-state index is -1.68. The molecule has 2 fully saturated rings. The Balaban J connectivity index is 1.26. The lowest BCUT2D eigenvalue weighted by Crippen LogP contribution is -2.58. The third-order valence-electron chi connectivity index (χ3n) is 12.5. The van der Waals surface area contributed by atoms with Crippen molar-refractivity contribution in [2.24, 2.45) is 5.92 Å². The summed E-state index contributed by atoms with van der Waals surface area (Å²) in [6, 6.07) is 14.0. The van der Waals surface area contributed by atoms with Gasteiger partial charge in [-0.25, -0.2) is 4.79 Å². The van der Waals surface area contributed by atoms with Gasteiger partial charge in [0.1, 0.15) is 48.6 Å². The highest BCUT2D eigenvalue weighted by Crippen LogP contribution is 2.27. The number of likely N-dealkylation sites (tertiary alicyclic amines) is 1. The van der Waals surface area contributed by atoms with Gasteiger partial charge in [0.15, 0.2) is 6.17 Å². The SMILES string of the molecule is CC(C)[C@@H]1NC(=O)C(NC(=O)[C@H](Cc2ccc(O)cc2)NC(=O)[C@@H]2CCCN2C(=O)[C@@H]2CCC(=O)N2)n2cc(c3ccccc32)C[C@@H](C(=O)OCc2ccccc2)NC(=O)[C@H](CO)NC(=O)CNC1=O. The maximum Gasteiger partial charge on any atom is 0.329 e. The highest BCUT2D eigenvalue weighted by molar-refractivity contribution is 5.99. The maximum absolute atomic E-state index is 14.9. The van der Waals surface area contributed by atoms with E-state index in [9.17, 15) is 53.4 Å². The van der Waals surface area contributed by atoms with Gasteiger partial charge < -0.3 is 61.6 Å². The zero-order valence-electron chi connectivity index (χ0n) is 38.6. The molecular weight excluding hydrogens is 907 g/mol. The first-order valence-electron chi connectivity index (χ1n) is 23.2. The number of ether oxygens (including phenoxy) is 1. The van der Waals surface area contributed by atoms with Gasteiger partial charge in [-0.2, -0.15) is 0 Å². The van der Waals surface area contributed by atoms with Gasteiger partial charge in [-0.05, 0) is 60.1 Å². The number of fused-ring (bicyclic) bond motifs is 5. The third-order valence-corrected chi connectivity index (χ3v) is 12.5. The van der Waals surface area contributed by atoms with Crippen LogP contribution in [0.3, 0.4) is 0 Å². The summed E-state index contributed by atoms with van der Waals surface area (Å²) in [5, 5.41) is 39.1. The fraction of sp³-hybridized carbons (Fsp3) is 0.408. The second kappa shape index (κ2) is 22.5. The normalized spacial score (nSPS) is 22.7. The number of carbonyl (C=O) groups excluding carboxylic acids is 9. The second-order valence-corrected chi connectivity index (χ2v) is 17.9. The number of esters is 1. The monoisotopic (exact) mass is 963 g/mol. The van der Waals surface area contributed by atoms with E-state index in [2.05, 4.69) is 37.2 Å². The van der Waals surface area contributed by atoms with Crippen molar-refractivity contribution in [1.82, 2.24) is 46.7 Å². The third kappa shape index (κ3) is 12.1. The predicted molar refractivity (Wildman–Crippen MR) is 249 cm³/mol. The molecule has 370 valence electrons. The number of phenolic OH excluding ortho intramolecular Hbond substituents is 1. The van der Waals surface area contributed by atoms with E-state index < -0.39 is 109 Å². The molecule has 0 radical (unpaired) electrons. The quantitative estimate of drug-likeness (QED) is 0.0811. The number of nitrogens with zero attached hydrogens (tertiary/aromatic N) is 2. The number of aromatic hydroxyl groups is 1. The lowest BCUT2D eigenvalue weighted by molar-refractivity contribution is -0.149. The van der Waals surface area contributed by atoms with E-state index >= 15 is 0 Å². The zero-order valence-corrected chi connectivity index (χ0v) is 38.6. The molecule has 4 aromatic rings. The Labute approximate surface area is 402 Å². The van der Waals surface area contributed by atoms with Crippen molar-refractivity contribution in [2.45, 2.75) is 101 Å². The van der Waals surface area contributed by atoms with Crippen molar-refractivity contribution in [3.05, 3.63) is 102 Å². The Bertz CT molecular complexity index is 2620. The number of benzene rings is 3. The van der Waals surface area contributed by atoms with Crippen LogP contribution in [-0.2, 0) is 67.3 Å². The van der Waals surface area contributed by atoms with Crippen LogP contribution in [0.25, 0.3) is 10.9 Å². The summed E-state index contributed by atoms with van der Waals surface area (Å²) in [5.74, 6) is -7.19. The van der Waals surface area contributed by atoms with E-state index in [1.54, 1.807) is 80.6 Å². The molecule has 21 nitrogen and oxygen atoms in total. The number of aliphatic hydroxyl groups excluding tert-OH is 1. The molecule has 3 aliphatic heterocycles. The summed E-state index contributed by atoms with van der Waals surface area (Å²) >= 11 is 0. The summed E-state index contributed by atoms with van der Waals surface area (Å²) in [4.78, 5) is 125. The first-order valence-corrected chi connectivity index (χ1v) is 23.2. The van der Waals surface area contributed by atoms with Crippen LogP contribution >= 0.6 is 0 Å². The first kappa shape index (κ1) is 50.1. The summed E-state index contributed by atoms with van der Waals surface area (Å²) in [5.41, 5.74) is 1.92. The number of carbonyl (C=O) groups is 9. The van der Waals surface area contributed by atoms with Crippen LogP contribution < -0.4 is 37.2 Å². The standard InChI is InChI=1S/C49H57N9O12/c1-27(2)41-46(66)50-23-40(62)52-36(25-59)44(64)54-35(49(69)70-26-29-9-4-3-5-10-29)22-30-24-58(37-12-7-6-11-32(30)37)42(47(67)55-41)56-43(63)34(21-28-14-16-31(60)17-15-28)53-45(65)38-13-8-20-57(38)48(68)33-18-19-39(61)51-33/h3-7,9-12,14-17,24,27,33-36,38,41-42,59-60H,8,13,18-23,25-26H2,1-2H3,(H,50,66)(H,51,61)(H,52,62)(H,53,65)(H,54,64)(H,55,67)(H,56,63)/t33-,34-,35-,36-,38-,41-,42?/m0/s1. The van der Waals surface area contributed by atoms with Crippen molar-refractivity contribution in [3.63, 3.8) is 0 Å². The van der Waals surface area contributed by atoms with Crippen molar-refractivity contribution in [1.29, 1.82) is 0 Å². The van der Waals surface area contributed by atoms with E-state index in [1.807, 2.05) is 0 Å². The number of para-hydroxylation sites is 1. The first-order chi connectivity index (χ1) is 33.6. The molecule has 0 spiro atoms. The summed E-state index contributed by atoms with van der Waals surface area (Å²) in [7, 11) is 0. The smallest absolute Gasteiger partial charge is 0.329 e. The maximum atomic E-state index is 14.9. The van der Waals surface area contributed by atoms with Crippen molar-refractivity contribution < 1.29 is 58.1 Å². The second-order valence-electron chi connectivity index (χ2n) is 17.9. The van der Waals surface area contributed by atoms with Gasteiger partial charge in [0.05, 0.1) is 18.7 Å². The minimum absolute atomic E-state index is 0.0506. The van der Waals surface area contributed by atoms with Crippen LogP contribution in [0.2, 0.25) is 0 Å². The lowest BCUT2D eigenvalue weighted by Gasteiger charge is -2.30. The zero-order chi connectivity index (χ0) is 50.1. The fourth-order valence-corrected chi connectivity index (χ4v) is 8.80. The predicted octanol–water partition coefficient (Wildman–Crippen LogP) is -0.523. The Hall–Kier alpha value is -7.81. The van der Waals surface area contributed by atoms with Crippen LogP contribution in [0.15, 0.2) is 85.1 Å². The Morgan fingerprint density at radius 2 is 1.53 bits per heavy atom. The average molecular weight is 964 g/mol. The Morgan fingerprint density at radius 1 is 0.800 bits per heavy atom. The van der Waals surface area contributed by atoms with Gasteiger partial charge in [-0.1, -0.05) is 74.5 Å². The van der Waals surface area contributed by atoms with Gasteiger partial charge in [0.25, 0.3) is 5.91 Å². The van der Waals surface area contributed by atoms with Crippen molar-refractivity contribution >= 4 is 64.1 Å². The Morgan fingerprint density at radius 3 is 2.23 bits per heavy atom. The molecule has 0 saturated carbocycles. The van der Waals surface area contributed by atoms with Crippen LogP contribution in [0.4, 0.5) is 0 Å². The number of aliphatic hydroxyl groups is 1. The Kier molecular flexibility index (Phi) is 16.1. The number of hydrogen-bond donors (Lipinski definition) is 9. The fourth-order valence-electron chi connectivity index (χ4n) is 8.80. The largest absolute Gasteiger partial charge is 0.508 e. The number of hydrogen-bond acceptors (Lipinski definition) is 12. The molecule has 21 heteroatoms. The summed E-state index contributed by atoms with van der Waals surface area (Å²) < 4.78 is 7.08. The van der Waals surface area contributed by atoms with Crippen LogP contribution in [0.1, 0.15) is 62.4 Å². The summed E-state index contributed by atoms with van der Waals surface area (Å²) in [6.07, 6.45) is 0.635. The molecule has 70 heavy (non-hydrogen) atoms. The van der Waals surface area contributed by atoms with Gasteiger partial charge in [-0.15, -0.1) is 0 Å². The van der Waals surface area contributed by atoms with Crippen LogP contribution in [0.5, 0.6) is 5.75 Å². The molecule has 1 aromatic heterocycles. The van der Waals surface area contributed by atoms with Crippen LogP contribution in [0, 0.1) is 5.92 Å². The number of phenols is 1. The molecule has 3 aliphatic rings. The molecule has 2 bridgehead atoms. The molecule has 4 heterocycles. The van der Waals surface area contributed by atoms with Crippen molar-refractivity contribution in [2.75, 3.05) is 19.7 Å². The van der Waals surface area contributed by atoms with Crippen molar-refractivity contribution in [3.8, 4) is 5.75 Å². The van der Waals surface area contributed by atoms with E-state index in [1.165, 1.54) is 27.8 Å². The summed E-state index contributed by atoms with van der Waals surface area (Å²) in [6.45, 7) is 1.84. The number of amides is 8. The van der Waals surface area contributed by atoms with Gasteiger partial charge in [0, 0.05) is 37.4 Å². The molecule has 7 rings (SSSR count). The molecular formula is C49H57N9O12. The van der Waals surface area contributed by atoms with Gasteiger partial charge in [-0.3, -0.25) is 38.4 Å². The molecule has 2 saturated heterocycles. The average Bonchev–Trinajstić information content (AvgIpc) is 4.12. The van der Waals surface area contributed by atoms with Crippen LogP contribution in [-0.4, -0.2) is 129 Å². The molecule has 7 atom stereocenters. The van der Waals surface area contributed by atoms with E-state index in [0.29, 0.717) is 34.0 Å². The van der Waals surface area contributed by atoms with E-state index in [0.717, 1.165) is 0 Å². The van der Waals surface area contributed by atoms with E-state index in [4.69, 9.17) is 4.74 Å². The molecule has 0 aliphatic carbocycles. The number of nitrogens with one attached hydrogen (secondary N) is 7. The highest BCUT2D eigenvalue weighted by atomic mass is 16.5. The topological polar surface area (TPSA) is 296 Å². The van der Waals surface area contributed by atoms with E-state index in [-0.39, 0.29) is 56.9 Å². The minimum Gasteiger partial charge on any atom is -0.508 e. The number of aromatic nitrogens is 1. The molecule has 8 amide bonds. The van der Waals surface area contributed by atoms with Gasteiger partial charge in [0.2, 0.25) is 41.4 Å². The molecule has 1 unspecified atom stereocenters. The molecule has 3 aromatic carbocycles. The molecule has 9 N–H and O–H groups in total. The highest BCUT2D eigenvalue weighted by Gasteiger charge is 2.41.